The molecule has 6 nitrogen and oxygen atoms in total. The van der Waals surface area contributed by atoms with Crippen molar-refractivity contribution in [3.63, 3.8) is 0 Å². The third-order valence-corrected chi connectivity index (χ3v) is 6.98. The van der Waals surface area contributed by atoms with E-state index in [9.17, 15) is 4.79 Å². The van der Waals surface area contributed by atoms with Gasteiger partial charge in [0.15, 0.2) is 11.5 Å². The molecule has 37 heavy (non-hydrogen) atoms. The van der Waals surface area contributed by atoms with E-state index in [1.165, 1.54) is 32.1 Å². The van der Waals surface area contributed by atoms with Crippen LogP contribution >= 0.6 is 0 Å². The van der Waals surface area contributed by atoms with Gasteiger partial charge >= 0.3 is 0 Å². The van der Waals surface area contributed by atoms with Gasteiger partial charge in [-0.2, -0.15) is 0 Å². The van der Waals surface area contributed by atoms with Gasteiger partial charge in [-0.25, -0.2) is 0 Å². The summed E-state index contributed by atoms with van der Waals surface area (Å²) in [4.78, 5) is 17.7. The van der Waals surface area contributed by atoms with Gasteiger partial charge in [0.1, 0.15) is 6.61 Å². The van der Waals surface area contributed by atoms with Crippen molar-refractivity contribution < 1.29 is 19.0 Å². The lowest BCUT2D eigenvalue weighted by Crippen LogP contribution is -2.42. The van der Waals surface area contributed by atoms with Crippen LogP contribution in [0.5, 0.6) is 11.5 Å². The van der Waals surface area contributed by atoms with E-state index in [4.69, 9.17) is 14.2 Å². The lowest BCUT2D eigenvalue weighted by atomic mass is 10.1. The Bertz CT molecular complexity index is 899. The summed E-state index contributed by atoms with van der Waals surface area (Å²) in [5.74, 6) is 1.65. The van der Waals surface area contributed by atoms with E-state index in [-0.39, 0.29) is 5.91 Å². The molecule has 0 radical (unpaired) electrons. The van der Waals surface area contributed by atoms with Crippen molar-refractivity contribution in [1.82, 2.24) is 9.80 Å². The van der Waals surface area contributed by atoms with Crippen LogP contribution in [0.25, 0.3) is 0 Å². The Morgan fingerprint density at radius 2 is 1.65 bits per heavy atom. The van der Waals surface area contributed by atoms with Gasteiger partial charge in [0, 0.05) is 39.1 Å². The predicted molar refractivity (Wildman–Crippen MR) is 149 cm³/mol. The zero-order chi connectivity index (χ0) is 26.1. The van der Waals surface area contributed by atoms with Gasteiger partial charge in [-0.05, 0) is 29.7 Å². The molecule has 1 heterocycles. The van der Waals surface area contributed by atoms with E-state index in [0.29, 0.717) is 31.1 Å². The minimum Gasteiger partial charge on any atom is -0.493 e. The van der Waals surface area contributed by atoms with Crippen LogP contribution in [0.1, 0.15) is 69.4 Å². The molecule has 2 aromatic carbocycles. The first-order valence-corrected chi connectivity index (χ1v) is 14.1. The van der Waals surface area contributed by atoms with Gasteiger partial charge in [-0.1, -0.05) is 81.8 Å². The summed E-state index contributed by atoms with van der Waals surface area (Å²) in [7, 11) is 1.66. The van der Waals surface area contributed by atoms with E-state index in [0.717, 1.165) is 63.4 Å². The lowest BCUT2D eigenvalue weighted by molar-refractivity contribution is -0.132. The van der Waals surface area contributed by atoms with Crippen molar-refractivity contribution in [3.8, 4) is 11.5 Å². The minimum absolute atomic E-state index is 0.241. The maximum atomic E-state index is 13.3. The largest absolute Gasteiger partial charge is 0.493 e. The summed E-state index contributed by atoms with van der Waals surface area (Å²) < 4.78 is 17.2. The number of carbonyl (C=O) groups is 1. The molecule has 6 heteroatoms. The van der Waals surface area contributed by atoms with E-state index < -0.39 is 0 Å². The van der Waals surface area contributed by atoms with Gasteiger partial charge in [0.2, 0.25) is 5.91 Å². The zero-order valence-electron chi connectivity index (χ0n) is 23.0. The summed E-state index contributed by atoms with van der Waals surface area (Å²) in [6.07, 6.45) is 9.11. The molecule has 0 N–H and O–H groups in total. The van der Waals surface area contributed by atoms with Crippen molar-refractivity contribution in [2.45, 2.75) is 71.4 Å². The van der Waals surface area contributed by atoms with Crippen molar-refractivity contribution in [2.75, 3.05) is 46.5 Å². The predicted octanol–water partition coefficient (Wildman–Crippen LogP) is 6.08. The Balaban J connectivity index is 1.57. The van der Waals surface area contributed by atoms with Crippen LogP contribution in [0.3, 0.4) is 0 Å². The van der Waals surface area contributed by atoms with Crippen molar-refractivity contribution in [1.29, 1.82) is 0 Å². The first-order valence-electron chi connectivity index (χ1n) is 14.1. The second kappa shape index (κ2) is 17.0. The average Bonchev–Trinajstić information content (AvgIpc) is 2.94. The third kappa shape index (κ3) is 10.7. The fraction of sp³-hybridized carbons (Fsp3) is 0.581. The molecule has 0 atom stereocenters. The SMILES string of the molecule is CCCCCCCCCC(=O)N(CCN1CCOCC1)Cc1ccc(OCc2ccccc2)c(OC)c1. The summed E-state index contributed by atoms with van der Waals surface area (Å²) in [6.45, 7) is 8.31. The zero-order valence-corrected chi connectivity index (χ0v) is 23.0. The number of ether oxygens (including phenoxy) is 3. The molecule has 3 rings (SSSR count). The molecule has 2 aromatic rings. The van der Waals surface area contributed by atoms with Crippen LogP contribution < -0.4 is 9.47 Å². The minimum atomic E-state index is 0.241. The molecule has 1 saturated heterocycles. The number of unbranched alkanes of at least 4 members (excludes halogenated alkanes) is 6. The summed E-state index contributed by atoms with van der Waals surface area (Å²) in [5.41, 5.74) is 2.16. The quantitative estimate of drug-likeness (QED) is 0.242. The lowest BCUT2D eigenvalue weighted by Gasteiger charge is -2.30. The van der Waals surface area contributed by atoms with Crippen LogP contribution in [0.2, 0.25) is 0 Å². The smallest absolute Gasteiger partial charge is 0.222 e. The number of nitrogens with zero attached hydrogens (tertiary/aromatic N) is 2. The monoisotopic (exact) mass is 510 g/mol. The maximum Gasteiger partial charge on any atom is 0.222 e. The number of benzene rings is 2. The van der Waals surface area contributed by atoms with Crippen molar-refractivity contribution >= 4 is 5.91 Å². The third-order valence-electron chi connectivity index (χ3n) is 6.98. The van der Waals surface area contributed by atoms with Gasteiger partial charge in [0.25, 0.3) is 0 Å². The molecule has 0 spiro atoms. The number of amides is 1. The molecule has 1 fully saturated rings. The number of methoxy groups -OCH3 is 1. The molecule has 0 aliphatic carbocycles. The van der Waals surface area contributed by atoms with E-state index in [1.54, 1.807) is 7.11 Å². The highest BCUT2D eigenvalue weighted by Gasteiger charge is 2.18. The van der Waals surface area contributed by atoms with Crippen LogP contribution in [-0.4, -0.2) is 62.2 Å². The maximum absolute atomic E-state index is 13.3. The number of rotatable bonds is 17. The second-order valence-electron chi connectivity index (χ2n) is 9.90. The number of carbonyl (C=O) groups excluding carboxylic acids is 1. The van der Waals surface area contributed by atoms with Gasteiger partial charge in [-0.15, -0.1) is 0 Å². The Kier molecular flexibility index (Phi) is 13.3. The molecule has 1 amide bonds. The van der Waals surface area contributed by atoms with E-state index in [1.807, 2.05) is 53.4 Å². The van der Waals surface area contributed by atoms with Crippen LogP contribution in [0.4, 0.5) is 0 Å². The topological polar surface area (TPSA) is 51.2 Å². The normalized spacial score (nSPS) is 13.9. The number of hydrogen-bond donors (Lipinski definition) is 0. The summed E-state index contributed by atoms with van der Waals surface area (Å²) >= 11 is 0. The molecule has 1 aliphatic heterocycles. The molecule has 0 aromatic heterocycles. The fourth-order valence-electron chi connectivity index (χ4n) is 4.66. The molecule has 0 saturated carbocycles. The van der Waals surface area contributed by atoms with Gasteiger partial charge in [-0.3, -0.25) is 9.69 Å². The molecular weight excluding hydrogens is 464 g/mol. The first-order chi connectivity index (χ1) is 18.2. The van der Waals surface area contributed by atoms with Crippen molar-refractivity contribution in [2.24, 2.45) is 0 Å². The van der Waals surface area contributed by atoms with E-state index in [2.05, 4.69) is 11.8 Å². The van der Waals surface area contributed by atoms with Gasteiger partial charge < -0.3 is 19.1 Å². The summed E-state index contributed by atoms with van der Waals surface area (Å²) in [5, 5.41) is 0. The Morgan fingerprint density at radius 1 is 0.919 bits per heavy atom. The first kappa shape index (κ1) is 29.0. The number of hydrogen-bond acceptors (Lipinski definition) is 5. The average molecular weight is 511 g/mol. The van der Waals surface area contributed by atoms with E-state index >= 15 is 0 Å². The molecular formula is C31H46N2O4. The van der Waals surface area contributed by atoms with Crippen molar-refractivity contribution in [3.05, 3.63) is 59.7 Å². The van der Waals surface area contributed by atoms with Crippen LogP contribution in [0.15, 0.2) is 48.5 Å². The van der Waals surface area contributed by atoms with Crippen LogP contribution in [0, 0.1) is 0 Å². The Hall–Kier alpha value is -2.57. The Morgan fingerprint density at radius 3 is 2.38 bits per heavy atom. The van der Waals surface area contributed by atoms with Crippen LogP contribution in [-0.2, 0) is 22.7 Å². The fourth-order valence-corrected chi connectivity index (χ4v) is 4.66. The highest BCUT2D eigenvalue weighted by atomic mass is 16.5. The molecule has 1 aliphatic rings. The number of morpholine rings is 1. The second-order valence-corrected chi connectivity index (χ2v) is 9.90. The molecule has 204 valence electrons. The molecule has 0 bridgehead atoms. The van der Waals surface area contributed by atoms with Gasteiger partial charge in [0.05, 0.1) is 20.3 Å². The highest BCUT2D eigenvalue weighted by molar-refractivity contribution is 5.76. The highest BCUT2D eigenvalue weighted by Crippen LogP contribution is 2.29. The standard InChI is InChI=1S/C31H46N2O4/c1-3-4-5-6-7-8-12-15-31(34)33(19-18-32-20-22-36-23-21-32)25-28-16-17-29(30(24-28)35-2)37-26-27-13-10-9-11-14-27/h9-11,13-14,16-17,24H,3-8,12,15,18-23,25-26H2,1-2H3. The molecule has 0 unspecified atom stereocenters. The Labute approximate surface area is 223 Å². The summed E-state index contributed by atoms with van der Waals surface area (Å²) in [6, 6.07) is 16.1.